The van der Waals surface area contributed by atoms with E-state index in [4.69, 9.17) is 16.3 Å². The van der Waals surface area contributed by atoms with Crippen molar-refractivity contribution in [1.29, 1.82) is 0 Å². The molecule has 0 radical (unpaired) electrons. The monoisotopic (exact) mass is 381 g/mol. The fourth-order valence-corrected chi connectivity index (χ4v) is 3.86. The smallest absolute Gasteiger partial charge is 0.307 e. The highest BCUT2D eigenvalue weighted by atomic mass is 35.5. The number of halogens is 1. The van der Waals surface area contributed by atoms with Crippen molar-refractivity contribution in [1.82, 2.24) is 14.4 Å². The zero-order valence-electron chi connectivity index (χ0n) is 14.5. The van der Waals surface area contributed by atoms with E-state index in [1.54, 1.807) is 0 Å². The second-order valence-corrected chi connectivity index (χ2v) is 7.54. The van der Waals surface area contributed by atoms with Crippen LogP contribution < -0.4 is 9.61 Å². The van der Waals surface area contributed by atoms with Crippen molar-refractivity contribution in [3.8, 4) is 5.75 Å². The molecule has 1 saturated heterocycles. The zero-order chi connectivity index (χ0) is 17.6. The zero-order valence-corrected chi connectivity index (χ0v) is 16.1. The van der Waals surface area contributed by atoms with Gasteiger partial charge in [-0.1, -0.05) is 22.9 Å². The van der Waals surface area contributed by atoms with Gasteiger partial charge in [-0.05, 0) is 31.2 Å². The first-order chi connectivity index (χ1) is 12.1. The van der Waals surface area contributed by atoms with Crippen molar-refractivity contribution in [3.63, 3.8) is 0 Å². The van der Waals surface area contributed by atoms with Crippen LogP contribution in [0.1, 0.15) is 5.69 Å². The number of piperazine rings is 1. The van der Waals surface area contributed by atoms with E-state index in [0.717, 1.165) is 62.3 Å². The number of rotatable bonds is 7. The minimum Gasteiger partial charge on any atom is -0.492 e. The number of hydrogen-bond acceptors (Lipinski definition) is 5. The molecule has 0 N–H and O–H groups in total. The average Bonchev–Trinajstić information content (AvgIpc) is 2.94. The largest absolute Gasteiger partial charge is 0.492 e. The average molecular weight is 382 g/mol. The van der Waals surface area contributed by atoms with E-state index in [0.29, 0.717) is 6.61 Å². The summed E-state index contributed by atoms with van der Waals surface area (Å²) in [5.74, 6) is 0.861. The summed E-state index contributed by atoms with van der Waals surface area (Å²) in [5, 5.41) is 2.66. The molecule has 0 saturated carbocycles. The van der Waals surface area contributed by atoms with E-state index in [2.05, 4.69) is 9.80 Å². The lowest BCUT2D eigenvalue weighted by atomic mass is 10.3. The first kappa shape index (κ1) is 18.5. The minimum atomic E-state index is 0.149. The molecule has 25 heavy (non-hydrogen) atoms. The molecule has 0 atom stereocenters. The lowest BCUT2D eigenvalue weighted by molar-refractivity contribution is 0.114. The van der Waals surface area contributed by atoms with Gasteiger partial charge >= 0.3 is 4.87 Å². The highest BCUT2D eigenvalue weighted by Crippen LogP contribution is 2.15. The number of hydrogen-bond donors (Lipinski definition) is 0. The Kier molecular flexibility index (Phi) is 6.53. The fraction of sp³-hybridized carbons (Fsp3) is 0.500. The Balaban J connectivity index is 1.34. The summed E-state index contributed by atoms with van der Waals surface area (Å²) in [6.45, 7) is 9.50. The molecule has 0 unspecified atom stereocenters. The van der Waals surface area contributed by atoms with Crippen LogP contribution in [-0.4, -0.2) is 60.2 Å². The number of aromatic nitrogens is 1. The Bertz CT molecular complexity index is 721. The molecule has 5 nitrogen and oxygen atoms in total. The summed E-state index contributed by atoms with van der Waals surface area (Å²) in [5.41, 5.74) is 1.06. The number of thiazole rings is 1. The van der Waals surface area contributed by atoms with Crippen LogP contribution in [0.3, 0.4) is 0 Å². The maximum absolute atomic E-state index is 11.8. The molecule has 0 aliphatic carbocycles. The highest BCUT2D eigenvalue weighted by Gasteiger charge is 2.17. The summed E-state index contributed by atoms with van der Waals surface area (Å²) in [6.07, 6.45) is 0. The SMILES string of the molecule is Cc1csc(=O)n1CCN1CCN(CCOc2ccc(Cl)cc2)CC1. The fourth-order valence-electron chi connectivity index (χ4n) is 2.98. The molecule has 2 aromatic rings. The number of nitrogens with zero attached hydrogens (tertiary/aromatic N) is 3. The van der Waals surface area contributed by atoms with Gasteiger partial charge in [-0.2, -0.15) is 0 Å². The van der Waals surface area contributed by atoms with Crippen LogP contribution >= 0.6 is 22.9 Å². The number of benzene rings is 1. The van der Waals surface area contributed by atoms with E-state index >= 15 is 0 Å². The normalized spacial score (nSPS) is 16.2. The molecule has 7 heteroatoms. The van der Waals surface area contributed by atoms with Crippen LogP contribution in [0, 0.1) is 6.92 Å². The number of aryl methyl sites for hydroxylation is 1. The van der Waals surface area contributed by atoms with Gasteiger partial charge in [0, 0.05) is 61.9 Å². The topological polar surface area (TPSA) is 37.7 Å². The van der Waals surface area contributed by atoms with Gasteiger partial charge in [-0.15, -0.1) is 0 Å². The minimum absolute atomic E-state index is 0.149. The van der Waals surface area contributed by atoms with E-state index < -0.39 is 0 Å². The molecular formula is C18H24ClN3O2S. The van der Waals surface area contributed by atoms with Gasteiger partial charge in [-0.3, -0.25) is 14.6 Å². The molecule has 1 fully saturated rings. The Morgan fingerprint density at radius 3 is 2.28 bits per heavy atom. The molecule has 1 aromatic carbocycles. The molecule has 1 aliphatic rings. The van der Waals surface area contributed by atoms with Crippen molar-refractivity contribution in [2.24, 2.45) is 0 Å². The van der Waals surface area contributed by atoms with Crippen molar-refractivity contribution >= 4 is 22.9 Å². The summed E-state index contributed by atoms with van der Waals surface area (Å²) in [4.78, 5) is 16.8. The van der Waals surface area contributed by atoms with E-state index in [-0.39, 0.29) is 4.87 Å². The molecular weight excluding hydrogens is 358 g/mol. The van der Waals surface area contributed by atoms with Gasteiger partial charge in [0.1, 0.15) is 12.4 Å². The van der Waals surface area contributed by atoms with Gasteiger partial charge in [0.25, 0.3) is 0 Å². The third kappa shape index (κ3) is 5.31. The third-order valence-corrected chi connectivity index (χ3v) is 5.70. The van der Waals surface area contributed by atoms with Gasteiger partial charge in [0.2, 0.25) is 0 Å². The second kappa shape index (κ2) is 8.85. The Hall–Kier alpha value is -1.34. The first-order valence-electron chi connectivity index (χ1n) is 8.60. The van der Waals surface area contributed by atoms with E-state index in [9.17, 15) is 4.79 Å². The van der Waals surface area contributed by atoms with Crippen molar-refractivity contribution < 1.29 is 4.74 Å². The Labute approximate surface area is 157 Å². The molecule has 0 amide bonds. The van der Waals surface area contributed by atoms with Crippen LogP contribution in [0.2, 0.25) is 5.02 Å². The number of ether oxygens (including phenoxy) is 1. The highest BCUT2D eigenvalue weighted by molar-refractivity contribution is 7.07. The molecule has 0 spiro atoms. The molecule has 0 bridgehead atoms. The van der Waals surface area contributed by atoms with Gasteiger partial charge in [-0.25, -0.2) is 0 Å². The summed E-state index contributed by atoms with van der Waals surface area (Å²) in [7, 11) is 0. The maximum Gasteiger partial charge on any atom is 0.307 e. The molecule has 3 rings (SSSR count). The van der Waals surface area contributed by atoms with Gasteiger partial charge < -0.3 is 9.30 Å². The van der Waals surface area contributed by atoms with Crippen molar-refractivity contribution in [3.05, 3.63) is 50.0 Å². The quantitative estimate of drug-likeness (QED) is 0.738. The summed E-state index contributed by atoms with van der Waals surface area (Å²) < 4.78 is 7.63. The molecule has 1 aliphatic heterocycles. The van der Waals surface area contributed by atoms with E-state index in [1.807, 2.05) is 41.1 Å². The van der Waals surface area contributed by atoms with Gasteiger partial charge in [0.15, 0.2) is 0 Å². The second-order valence-electron chi connectivity index (χ2n) is 6.28. The van der Waals surface area contributed by atoms with Crippen molar-refractivity contribution in [2.75, 3.05) is 45.9 Å². The molecule has 2 heterocycles. The van der Waals surface area contributed by atoms with Crippen LogP contribution in [0.4, 0.5) is 0 Å². The lowest BCUT2D eigenvalue weighted by Gasteiger charge is -2.34. The predicted molar refractivity (Wildman–Crippen MR) is 103 cm³/mol. The third-order valence-electron chi connectivity index (χ3n) is 4.57. The van der Waals surface area contributed by atoms with Crippen LogP contribution in [0.25, 0.3) is 0 Å². The first-order valence-corrected chi connectivity index (χ1v) is 9.85. The van der Waals surface area contributed by atoms with Crippen LogP contribution in [-0.2, 0) is 6.54 Å². The summed E-state index contributed by atoms with van der Waals surface area (Å²) >= 11 is 7.16. The van der Waals surface area contributed by atoms with Crippen LogP contribution in [0.15, 0.2) is 34.4 Å². The van der Waals surface area contributed by atoms with Crippen molar-refractivity contribution in [2.45, 2.75) is 13.5 Å². The lowest BCUT2D eigenvalue weighted by Crippen LogP contribution is -2.48. The van der Waals surface area contributed by atoms with Crippen LogP contribution in [0.5, 0.6) is 5.75 Å². The Morgan fingerprint density at radius 1 is 1.04 bits per heavy atom. The molecule has 1 aromatic heterocycles. The predicted octanol–water partition coefficient (Wildman–Crippen LogP) is 2.57. The summed E-state index contributed by atoms with van der Waals surface area (Å²) in [6, 6.07) is 7.48. The molecule has 136 valence electrons. The standard InChI is InChI=1S/C18H24ClN3O2S/c1-15-14-25-18(23)22(15)11-10-20-6-8-21(9-7-20)12-13-24-17-4-2-16(19)3-5-17/h2-5,14H,6-13H2,1H3. The van der Waals surface area contributed by atoms with Gasteiger partial charge in [0.05, 0.1) is 0 Å². The maximum atomic E-state index is 11.8. The van der Waals surface area contributed by atoms with E-state index in [1.165, 1.54) is 11.3 Å². The Morgan fingerprint density at radius 2 is 1.68 bits per heavy atom.